The molecule has 4 rings (SSSR count). The maximum absolute atomic E-state index is 13.8. The topological polar surface area (TPSA) is 25.4 Å². The number of rotatable bonds is 2. The molecule has 0 amide bonds. The third-order valence-electron chi connectivity index (χ3n) is 4.81. The van der Waals surface area contributed by atoms with Crippen molar-refractivity contribution in [3.63, 3.8) is 0 Å². The van der Waals surface area contributed by atoms with Crippen LogP contribution in [0.1, 0.15) is 24.8 Å². The minimum Gasteiger partial charge on any atom is -0.377 e. The maximum atomic E-state index is 13.8. The number of hydrogen-bond donors (Lipinski definition) is 0. The minimum atomic E-state index is -0.815. The molecule has 122 valence electrons. The van der Waals surface area contributed by atoms with Crippen molar-refractivity contribution in [2.24, 2.45) is 0 Å². The van der Waals surface area contributed by atoms with Gasteiger partial charge in [0.05, 0.1) is 31.0 Å². The number of anilines is 1. The second-order valence-corrected chi connectivity index (χ2v) is 7.07. The van der Waals surface area contributed by atoms with E-state index in [-0.39, 0.29) is 0 Å². The summed E-state index contributed by atoms with van der Waals surface area (Å²) in [5.74, 6) is -1.61. The molecule has 1 aromatic heterocycles. The van der Waals surface area contributed by atoms with Crippen LogP contribution in [0.25, 0.3) is 11.3 Å². The molecule has 0 saturated carbocycles. The van der Waals surface area contributed by atoms with E-state index in [4.69, 9.17) is 9.72 Å². The predicted molar refractivity (Wildman–Crippen MR) is 86.9 cm³/mol. The normalized spacial score (nSPS) is 24.0. The Morgan fingerprint density at radius 2 is 1.96 bits per heavy atom. The van der Waals surface area contributed by atoms with Gasteiger partial charge in [-0.1, -0.05) is 0 Å². The molecule has 0 spiro atoms. The fourth-order valence-corrected chi connectivity index (χ4v) is 4.55. The number of aromatic nitrogens is 1. The SMILES string of the molecule is Cc1c(-c2csc(N3C4CCC[C@H]3COC4)n2)ccc(F)c1F. The second kappa shape index (κ2) is 5.83. The van der Waals surface area contributed by atoms with Crippen LogP contribution in [0.4, 0.5) is 13.9 Å². The fraction of sp³-hybridized carbons (Fsp3) is 0.471. The summed E-state index contributed by atoms with van der Waals surface area (Å²) < 4.78 is 32.8. The summed E-state index contributed by atoms with van der Waals surface area (Å²) in [6, 6.07) is 3.53. The zero-order chi connectivity index (χ0) is 16.0. The molecule has 1 aromatic carbocycles. The predicted octanol–water partition coefficient (Wildman–Crippen LogP) is 4.15. The van der Waals surface area contributed by atoms with Crippen LogP contribution in [0, 0.1) is 18.6 Å². The first-order valence-corrected chi connectivity index (χ1v) is 8.79. The zero-order valence-electron chi connectivity index (χ0n) is 12.9. The number of halogens is 2. The molecule has 3 nitrogen and oxygen atoms in total. The second-order valence-electron chi connectivity index (χ2n) is 6.23. The summed E-state index contributed by atoms with van der Waals surface area (Å²) in [5, 5.41) is 2.89. The molecule has 2 aromatic rings. The molecule has 23 heavy (non-hydrogen) atoms. The molecule has 2 bridgehead atoms. The first kappa shape index (κ1) is 15.0. The highest BCUT2D eigenvalue weighted by Gasteiger charge is 2.36. The van der Waals surface area contributed by atoms with Crippen molar-refractivity contribution in [1.29, 1.82) is 0 Å². The summed E-state index contributed by atoms with van der Waals surface area (Å²) in [6.45, 7) is 3.08. The largest absolute Gasteiger partial charge is 0.377 e. The molecule has 6 heteroatoms. The third kappa shape index (κ3) is 2.54. The van der Waals surface area contributed by atoms with Crippen LogP contribution >= 0.6 is 11.3 Å². The molecule has 0 radical (unpaired) electrons. The molecule has 2 aliphatic heterocycles. The van der Waals surface area contributed by atoms with Crippen LogP contribution in [-0.2, 0) is 4.74 Å². The van der Waals surface area contributed by atoms with Crippen LogP contribution in [0.5, 0.6) is 0 Å². The fourth-order valence-electron chi connectivity index (χ4n) is 3.58. The van der Waals surface area contributed by atoms with Crippen molar-refractivity contribution >= 4 is 16.5 Å². The van der Waals surface area contributed by atoms with Gasteiger partial charge in [-0.05, 0) is 43.9 Å². The summed E-state index contributed by atoms with van der Waals surface area (Å²) in [6.07, 6.45) is 3.47. The Morgan fingerprint density at radius 1 is 1.22 bits per heavy atom. The first-order valence-electron chi connectivity index (χ1n) is 7.91. The molecule has 2 atom stereocenters. The van der Waals surface area contributed by atoms with E-state index in [2.05, 4.69) is 4.90 Å². The molecule has 2 aliphatic rings. The Kier molecular flexibility index (Phi) is 3.81. The zero-order valence-corrected chi connectivity index (χ0v) is 13.7. The number of thiazole rings is 1. The average Bonchev–Trinajstić information content (AvgIpc) is 3.01. The Labute approximate surface area is 137 Å². The summed E-state index contributed by atoms with van der Waals surface area (Å²) in [7, 11) is 0. The number of ether oxygens (including phenoxy) is 1. The van der Waals surface area contributed by atoms with Crippen molar-refractivity contribution in [3.8, 4) is 11.3 Å². The Morgan fingerprint density at radius 3 is 2.70 bits per heavy atom. The highest BCUT2D eigenvalue weighted by atomic mass is 32.1. The van der Waals surface area contributed by atoms with Crippen molar-refractivity contribution in [2.45, 2.75) is 38.3 Å². The van der Waals surface area contributed by atoms with Crippen LogP contribution in [-0.4, -0.2) is 30.3 Å². The van der Waals surface area contributed by atoms with E-state index in [1.807, 2.05) is 5.38 Å². The van der Waals surface area contributed by atoms with Gasteiger partial charge in [0.2, 0.25) is 0 Å². The van der Waals surface area contributed by atoms with E-state index in [0.717, 1.165) is 31.2 Å². The van der Waals surface area contributed by atoms with Gasteiger partial charge in [0, 0.05) is 10.9 Å². The van der Waals surface area contributed by atoms with Crippen LogP contribution in [0.2, 0.25) is 0 Å². The highest BCUT2D eigenvalue weighted by molar-refractivity contribution is 7.14. The van der Waals surface area contributed by atoms with Crippen molar-refractivity contribution < 1.29 is 13.5 Å². The standard InChI is InChI=1S/C17H18F2N2OS/c1-10-13(5-6-14(18)16(10)19)15-9-23-17(20-15)21-11-3-2-4-12(21)8-22-7-11/h5-6,9,11-12H,2-4,7-8H2,1H3/t11-,12?/m0/s1. The molecular weight excluding hydrogens is 318 g/mol. The van der Waals surface area contributed by atoms with Gasteiger partial charge in [-0.3, -0.25) is 0 Å². The van der Waals surface area contributed by atoms with Crippen molar-refractivity contribution in [1.82, 2.24) is 4.98 Å². The lowest BCUT2D eigenvalue weighted by atomic mass is 9.95. The first-order chi connectivity index (χ1) is 11.1. The van der Waals surface area contributed by atoms with Gasteiger partial charge in [-0.2, -0.15) is 0 Å². The van der Waals surface area contributed by atoms with Gasteiger partial charge in [0.15, 0.2) is 16.8 Å². The van der Waals surface area contributed by atoms with Crippen molar-refractivity contribution in [2.75, 3.05) is 18.1 Å². The van der Waals surface area contributed by atoms with Crippen LogP contribution < -0.4 is 4.90 Å². The smallest absolute Gasteiger partial charge is 0.186 e. The average molecular weight is 336 g/mol. The number of hydrogen-bond acceptors (Lipinski definition) is 4. The monoisotopic (exact) mass is 336 g/mol. The minimum absolute atomic E-state index is 0.309. The van der Waals surface area contributed by atoms with E-state index >= 15 is 0 Å². The molecule has 1 unspecified atom stereocenters. The quantitative estimate of drug-likeness (QED) is 0.824. The van der Waals surface area contributed by atoms with Crippen LogP contribution in [0.3, 0.4) is 0 Å². The summed E-state index contributed by atoms with van der Waals surface area (Å²) in [5.41, 5.74) is 1.68. The summed E-state index contributed by atoms with van der Waals surface area (Å²) >= 11 is 1.57. The van der Waals surface area contributed by atoms with Gasteiger partial charge < -0.3 is 9.64 Å². The Balaban J connectivity index is 1.68. The Hall–Kier alpha value is -1.53. The van der Waals surface area contributed by atoms with Crippen molar-refractivity contribution in [3.05, 3.63) is 34.7 Å². The molecule has 3 heterocycles. The van der Waals surface area contributed by atoms with Crippen LogP contribution in [0.15, 0.2) is 17.5 Å². The number of fused-ring (bicyclic) bond motifs is 2. The summed E-state index contributed by atoms with van der Waals surface area (Å²) in [4.78, 5) is 7.09. The highest BCUT2D eigenvalue weighted by Crippen LogP contribution is 2.37. The van der Waals surface area contributed by atoms with E-state index in [1.54, 1.807) is 24.3 Å². The van der Waals surface area contributed by atoms with E-state index < -0.39 is 11.6 Å². The molecule has 2 fully saturated rings. The lowest BCUT2D eigenvalue weighted by molar-refractivity contribution is 0.0463. The van der Waals surface area contributed by atoms with E-state index in [1.165, 1.54) is 12.5 Å². The number of piperidine rings is 1. The van der Waals surface area contributed by atoms with Gasteiger partial charge in [-0.25, -0.2) is 13.8 Å². The number of nitrogens with zero attached hydrogens (tertiary/aromatic N) is 2. The van der Waals surface area contributed by atoms with E-state index in [9.17, 15) is 8.78 Å². The van der Waals surface area contributed by atoms with Gasteiger partial charge in [-0.15, -0.1) is 11.3 Å². The van der Waals surface area contributed by atoms with Gasteiger partial charge in [0.1, 0.15) is 0 Å². The molecule has 0 aliphatic carbocycles. The number of benzene rings is 1. The molecule has 0 N–H and O–H groups in total. The molecular formula is C17H18F2N2OS. The molecule has 2 saturated heterocycles. The van der Waals surface area contributed by atoms with E-state index in [0.29, 0.717) is 28.9 Å². The Bertz CT molecular complexity index is 711. The van der Waals surface area contributed by atoms with Gasteiger partial charge >= 0.3 is 0 Å². The third-order valence-corrected chi connectivity index (χ3v) is 5.66. The van der Waals surface area contributed by atoms with Gasteiger partial charge in [0.25, 0.3) is 0 Å². The number of morpholine rings is 1. The maximum Gasteiger partial charge on any atom is 0.186 e. The lowest BCUT2D eigenvalue weighted by Gasteiger charge is -2.45. The lowest BCUT2D eigenvalue weighted by Crippen LogP contribution is -2.55.